The second-order valence-electron chi connectivity index (χ2n) is 9.52. The number of carbonyl (C=O) groups excluding carboxylic acids is 2. The Morgan fingerprint density at radius 3 is 2.71 bits per heavy atom. The standard InChI is InChI=1S/C25H34N6O3/c1-15-12-18(13-20(26-4)17(15)3)27-23(32)19-8-7-9-21-22(19)28-24(34-21)31-11-10-30(14-16(31)2)25(33)29(5)6/h7-9,15-16,18H,3,10-14H2,1-2,4-6H3,(H,27,32)/t15?,16-,18?/m0/s1. The lowest BCUT2D eigenvalue weighted by atomic mass is 9.82. The van der Waals surface area contributed by atoms with Crippen molar-refractivity contribution in [3.05, 3.63) is 35.9 Å². The van der Waals surface area contributed by atoms with E-state index in [1.165, 1.54) is 0 Å². The molecule has 0 radical (unpaired) electrons. The molecule has 9 heteroatoms. The molecule has 1 aliphatic heterocycles. The molecule has 2 fully saturated rings. The molecular formula is C25H34N6O3. The second kappa shape index (κ2) is 9.48. The van der Waals surface area contributed by atoms with Crippen molar-refractivity contribution in [1.29, 1.82) is 0 Å². The number of amides is 3. The average molecular weight is 467 g/mol. The molecule has 182 valence electrons. The number of hydrogen-bond donors (Lipinski definition) is 1. The van der Waals surface area contributed by atoms with Crippen molar-refractivity contribution < 1.29 is 14.0 Å². The molecule has 1 N–H and O–H groups in total. The van der Waals surface area contributed by atoms with Crippen molar-refractivity contribution in [1.82, 2.24) is 20.1 Å². The van der Waals surface area contributed by atoms with E-state index in [0.717, 1.165) is 17.7 Å². The molecule has 2 aromatic rings. The van der Waals surface area contributed by atoms with Gasteiger partial charge in [-0.05, 0) is 37.0 Å². The molecule has 1 aliphatic carbocycles. The second-order valence-corrected chi connectivity index (χ2v) is 9.52. The summed E-state index contributed by atoms with van der Waals surface area (Å²) in [4.78, 5) is 40.1. The highest BCUT2D eigenvalue weighted by Crippen LogP contribution is 2.29. The van der Waals surface area contributed by atoms with Gasteiger partial charge in [-0.1, -0.05) is 19.6 Å². The maximum absolute atomic E-state index is 13.2. The smallest absolute Gasteiger partial charge is 0.319 e. The summed E-state index contributed by atoms with van der Waals surface area (Å²) in [6, 6.07) is 5.92. The van der Waals surface area contributed by atoms with Gasteiger partial charge in [0.1, 0.15) is 5.52 Å². The number of urea groups is 1. The third-order valence-corrected chi connectivity index (χ3v) is 6.83. The van der Waals surface area contributed by atoms with Gasteiger partial charge < -0.3 is 24.4 Å². The fourth-order valence-corrected chi connectivity index (χ4v) is 4.85. The van der Waals surface area contributed by atoms with Crippen LogP contribution in [0.25, 0.3) is 11.1 Å². The van der Waals surface area contributed by atoms with E-state index in [0.29, 0.717) is 48.7 Å². The predicted molar refractivity (Wildman–Crippen MR) is 134 cm³/mol. The minimum atomic E-state index is -0.167. The first-order valence-corrected chi connectivity index (χ1v) is 11.8. The number of oxazole rings is 1. The zero-order valence-electron chi connectivity index (χ0n) is 20.7. The van der Waals surface area contributed by atoms with Gasteiger partial charge in [-0.25, -0.2) is 4.79 Å². The SMILES string of the molecule is C=C1C(=NC)CC(NC(=O)c2cccc3oc(N4CCN(C(=O)N(C)C)C[C@@H]4C)nc23)CC1C. The van der Waals surface area contributed by atoms with E-state index >= 15 is 0 Å². The molecule has 9 nitrogen and oxygen atoms in total. The van der Waals surface area contributed by atoms with Gasteiger partial charge in [-0.2, -0.15) is 4.98 Å². The van der Waals surface area contributed by atoms with Crippen molar-refractivity contribution in [2.75, 3.05) is 45.7 Å². The Labute approximate surface area is 200 Å². The van der Waals surface area contributed by atoms with Crippen LogP contribution in [0.5, 0.6) is 0 Å². The lowest BCUT2D eigenvalue weighted by molar-refractivity contribution is 0.0934. The topological polar surface area (TPSA) is 94.3 Å². The quantitative estimate of drug-likeness (QED) is 0.750. The third kappa shape index (κ3) is 4.51. The number of piperazine rings is 1. The number of carbonyl (C=O) groups is 2. The summed E-state index contributed by atoms with van der Waals surface area (Å²) >= 11 is 0. The van der Waals surface area contributed by atoms with Crippen LogP contribution in [-0.4, -0.2) is 85.3 Å². The lowest BCUT2D eigenvalue weighted by Gasteiger charge is -2.39. The molecule has 2 aliphatic rings. The first kappa shape index (κ1) is 23.8. The lowest BCUT2D eigenvalue weighted by Crippen LogP contribution is -2.55. The summed E-state index contributed by atoms with van der Waals surface area (Å²) in [6.45, 7) is 10.1. The molecular weight excluding hydrogens is 432 g/mol. The van der Waals surface area contributed by atoms with Gasteiger partial charge in [0.15, 0.2) is 5.58 Å². The molecule has 2 heterocycles. The van der Waals surface area contributed by atoms with Gasteiger partial charge in [0, 0.05) is 65.0 Å². The van der Waals surface area contributed by atoms with E-state index < -0.39 is 0 Å². The highest BCUT2D eigenvalue weighted by molar-refractivity contribution is 6.06. The molecule has 2 unspecified atom stereocenters. The van der Waals surface area contributed by atoms with Gasteiger partial charge in [-0.15, -0.1) is 0 Å². The van der Waals surface area contributed by atoms with Crippen LogP contribution in [-0.2, 0) is 0 Å². The zero-order valence-corrected chi connectivity index (χ0v) is 20.7. The van der Waals surface area contributed by atoms with Crippen molar-refractivity contribution in [3.63, 3.8) is 0 Å². The average Bonchev–Trinajstić information content (AvgIpc) is 3.24. The van der Waals surface area contributed by atoms with Crippen molar-refractivity contribution >= 4 is 34.8 Å². The van der Waals surface area contributed by atoms with E-state index in [9.17, 15) is 9.59 Å². The van der Waals surface area contributed by atoms with E-state index in [1.54, 1.807) is 32.1 Å². The van der Waals surface area contributed by atoms with Crippen LogP contribution < -0.4 is 10.2 Å². The Bertz CT molecular complexity index is 1140. The molecule has 4 rings (SSSR count). The van der Waals surface area contributed by atoms with Gasteiger partial charge in [0.05, 0.1) is 5.56 Å². The zero-order chi connectivity index (χ0) is 24.6. The van der Waals surface area contributed by atoms with E-state index in [4.69, 9.17) is 9.40 Å². The van der Waals surface area contributed by atoms with Crippen LogP contribution in [0.2, 0.25) is 0 Å². The fourth-order valence-electron chi connectivity index (χ4n) is 4.85. The minimum Gasteiger partial charge on any atom is -0.423 e. The van der Waals surface area contributed by atoms with Gasteiger partial charge in [0.2, 0.25) is 0 Å². The molecule has 3 amide bonds. The molecule has 34 heavy (non-hydrogen) atoms. The molecule has 1 saturated heterocycles. The highest BCUT2D eigenvalue weighted by Gasteiger charge is 2.31. The Hall–Kier alpha value is -3.36. The number of aliphatic imine (C=N–C) groups is 1. The first-order valence-electron chi connectivity index (χ1n) is 11.8. The summed E-state index contributed by atoms with van der Waals surface area (Å²) in [7, 11) is 5.28. The Kier molecular flexibility index (Phi) is 6.63. The van der Waals surface area contributed by atoms with Crippen LogP contribution in [0.3, 0.4) is 0 Å². The van der Waals surface area contributed by atoms with Crippen LogP contribution in [0.1, 0.15) is 37.0 Å². The summed E-state index contributed by atoms with van der Waals surface area (Å²) in [5.41, 5.74) is 3.63. The van der Waals surface area contributed by atoms with Crippen molar-refractivity contribution in [2.45, 2.75) is 38.8 Å². The minimum absolute atomic E-state index is 0.0000889. The van der Waals surface area contributed by atoms with Crippen LogP contribution >= 0.6 is 0 Å². The van der Waals surface area contributed by atoms with Crippen LogP contribution in [0.15, 0.2) is 39.8 Å². The maximum Gasteiger partial charge on any atom is 0.319 e. The normalized spacial score (nSPS) is 24.6. The van der Waals surface area contributed by atoms with Gasteiger partial charge >= 0.3 is 6.03 Å². The fraction of sp³-hybridized carbons (Fsp3) is 0.520. The number of fused-ring (bicyclic) bond motifs is 1. The van der Waals surface area contributed by atoms with Gasteiger partial charge in [-0.3, -0.25) is 9.79 Å². The number of benzene rings is 1. The number of allylic oxidation sites excluding steroid dienone is 1. The predicted octanol–water partition coefficient (Wildman–Crippen LogP) is 3.18. The number of nitrogens with one attached hydrogen (secondary N) is 1. The number of nitrogens with zero attached hydrogens (tertiary/aromatic N) is 5. The number of para-hydroxylation sites is 1. The van der Waals surface area contributed by atoms with Crippen molar-refractivity contribution in [3.8, 4) is 0 Å². The summed E-state index contributed by atoms with van der Waals surface area (Å²) in [6.07, 6.45) is 1.51. The van der Waals surface area contributed by atoms with E-state index in [-0.39, 0.29) is 29.9 Å². The first-order chi connectivity index (χ1) is 16.2. The Balaban J connectivity index is 1.52. The Morgan fingerprint density at radius 1 is 1.26 bits per heavy atom. The maximum atomic E-state index is 13.2. The van der Waals surface area contributed by atoms with E-state index in [1.807, 2.05) is 24.0 Å². The summed E-state index contributed by atoms with van der Waals surface area (Å²) < 4.78 is 6.06. The largest absolute Gasteiger partial charge is 0.423 e. The van der Waals surface area contributed by atoms with E-state index in [2.05, 4.69) is 28.7 Å². The molecule has 0 bridgehead atoms. The molecule has 1 aromatic heterocycles. The third-order valence-electron chi connectivity index (χ3n) is 6.83. The number of anilines is 1. The highest BCUT2D eigenvalue weighted by atomic mass is 16.4. The summed E-state index contributed by atoms with van der Waals surface area (Å²) in [5, 5.41) is 3.16. The molecule has 1 aromatic carbocycles. The molecule has 1 saturated carbocycles. The van der Waals surface area contributed by atoms with Crippen LogP contribution in [0, 0.1) is 5.92 Å². The molecule has 0 spiro atoms. The van der Waals surface area contributed by atoms with Crippen molar-refractivity contribution in [2.24, 2.45) is 10.9 Å². The molecule has 3 atom stereocenters. The summed E-state index contributed by atoms with van der Waals surface area (Å²) in [5.74, 6) is 0.104. The number of rotatable bonds is 3. The van der Waals surface area contributed by atoms with Gasteiger partial charge in [0.25, 0.3) is 11.9 Å². The van der Waals surface area contributed by atoms with Crippen LogP contribution in [0.4, 0.5) is 10.8 Å². The monoisotopic (exact) mass is 466 g/mol. The number of aromatic nitrogens is 1. The number of hydrogen-bond acceptors (Lipinski definition) is 6. The Morgan fingerprint density at radius 2 is 2.03 bits per heavy atom.